The lowest BCUT2D eigenvalue weighted by atomic mass is 9.89. The zero-order chi connectivity index (χ0) is 18.8. The van der Waals surface area contributed by atoms with Gasteiger partial charge in [-0.15, -0.1) is 5.10 Å². The minimum atomic E-state index is -0.901. The molecular formula is C17H19N5O5. The number of hydrogen-bond donors (Lipinski definition) is 1. The number of carbonyl (C=O) groups is 2. The van der Waals surface area contributed by atoms with E-state index in [2.05, 4.69) is 15.5 Å². The van der Waals surface area contributed by atoms with Crippen molar-refractivity contribution < 1.29 is 24.2 Å². The molecule has 1 amide bonds. The number of carboxylic acids is 1. The Bertz CT molecular complexity index is 840. The first kappa shape index (κ1) is 17.3. The summed E-state index contributed by atoms with van der Waals surface area (Å²) in [6.45, 7) is 1.29. The van der Waals surface area contributed by atoms with E-state index in [4.69, 9.17) is 9.47 Å². The van der Waals surface area contributed by atoms with Gasteiger partial charge in [0.1, 0.15) is 6.33 Å². The standard InChI is InChI=1S/C17H19N5O5/c23-16(2-1-5-22-9-18-19-20-22)21-7-12(13(8-21)17(24)25)11-3-4-14-15(6-11)27-10-26-14/h3-4,6,9,12-13H,1-2,5,7-8,10H2,(H,24,25)/t12-,13+/m0/s1. The Hall–Kier alpha value is -3.17. The number of ether oxygens (including phenoxy) is 2. The minimum absolute atomic E-state index is 0.0578. The molecule has 3 heterocycles. The molecule has 0 spiro atoms. The quantitative estimate of drug-likeness (QED) is 0.778. The molecule has 2 atom stereocenters. The number of aromatic nitrogens is 4. The first-order valence-electron chi connectivity index (χ1n) is 8.72. The number of amides is 1. The van der Waals surface area contributed by atoms with E-state index in [1.165, 1.54) is 6.33 Å². The Morgan fingerprint density at radius 1 is 1.22 bits per heavy atom. The van der Waals surface area contributed by atoms with Crippen LogP contribution in [-0.4, -0.2) is 62.0 Å². The number of carboxylic acid groups (broad SMARTS) is 1. The van der Waals surface area contributed by atoms with Crippen LogP contribution in [0.4, 0.5) is 0 Å². The van der Waals surface area contributed by atoms with E-state index in [-0.39, 0.29) is 25.2 Å². The van der Waals surface area contributed by atoms with E-state index >= 15 is 0 Å². The molecule has 1 aromatic heterocycles. The van der Waals surface area contributed by atoms with Crippen molar-refractivity contribution in [2.45, 2.75) is 25.3 Å². The second kappa shape index (κ2) is 7.22. The van der Waals surface area contributed by atoms with Gasteiger partial charge in [0.15, 0.2) is 11.5 Å². The van der Waals surface area contributed by atoms with Crippen molar-refractivity contribution in [3.8, 4) is 11.5 Å². The fourth-order valence-corrected chi connectivity index (χ4v) is 3.57. The number of rotatable bonds is 6. The fraction of sp³-hybridized carbons (Fsp3) is 0.471. The van der Waals surface area contributed by atoms with Gasteiger partial charge in [0, 0.05) is 32.0 Å². The summed E-state index contributed by atoms with van der Waals surface area (Å²) in [5.41, 5.74) is 0.843. The highest BCUT2D eigenvalue weighted by atomic mass is 16.7. The Morgan fingerprint density at radius 2 is 2.07 bits per heavy atom. The molecule has 1 saturated heterocycles. The highest BCUT2D eigenvalue weighted by Crippen LogP contribution is 2.39. The highest BCUT2D eigenvalue weighted by Gasteiger charge is 2.40. The molecule has 0 aliphatic carbocycles. The highest BCUT2D eigenvalue weighted by molar-refractivity contribution is 5.79. The Labute approximate surface area is 154 Å². The van der Waals surface area contributed by atoms with E-state index in [1.807, 2.05) is 12.1 Å². The number of fused-ring (bicyclic) bond motifs is 1. The average Bonchev–Trinajstić information content (AvgIpc) is 3.40. The molecule has 0 radical (unpaired) electrons. The lowest BCUT2D eigenvalue weighted by Crippen LogP contribution is -2.29. The summed E-state index contributed by atoms with van der Waals surface area (Å²) >= 11 is 0. The number of aliphatic carboxylic acids is 1. The summed E-state index contributed by atoms with van der Waals surface area (Å²) in [7, 11) is 0. The molecule has 4 rings (SSSR count). The van der Waals surface area contributed by atoms with Gasteiger partial charge < -0.3 is 19.5 Å². The molecule has 27 heavy (non-hydrogen) atoms. The van der Waals surface area contributed by atoms with Crippen LogP contribution in [0.2, 0.25) is 0 Å². The van der Waals surface area contributed by atoms with Crippen molar-refractivity contribution in [2.24, 2.45) is 5.92 Å². The van der Waals surface area contributed by atoms with Gasteiger partial charge in [-0.25, -0.2) is 4.68 Å². The number of aryl methyl sites for hydroxylation is 1. The van der Waals surface area contributed by atoms with Gasteiger partial charge >= 0.3 is 5.97 Å². The third-order valence-electron chi connectivity index (χ3n) is 4.98. The molecular weight excluding hydrogens is 354 g/mol. The van der Waals surface area contributed by atoms with Gasteiger partial charge in [-0.2, -0.15) is 0 Å². The van der Waals surface area contributed by atoms with E-state index in [9.17, 15) is 14.7 Å². The smallest absolute Gasteiger partial charge is 0.308 e. The third kappa shape index (κ3) is 3.55. The molecule has 0 bridgehead atoms. The number of tetrazole rings is 1. The fourth-order valence-electron chi connectivity index (χ4n) is 3.57. The average molecular weight is 373 g/mol. The first-order chi connectivity index (χ1) is 13.1. The van der Waals surface area contributed by atoms with E-state index in [0.29, 0.717) is 37.4 Å². The largest absolute Gasteiger partial charge is 0.481 e. The summed E-state index contributed by atoms with van der Waals surface area (Å²) in [5, 5.41) is 20.5. The topological polar surface area (TPSA) is 120 Å². The monoisotopic (exact) mass is 373 g/mol. The SMILES string of the molecule is O=C(O)[C@@H]1CN(C(=O)CCCn2cnnn2)C[C@H]1c1ccc2c(c1)OCO2. The third-order valence-corrected chi connectivity index (χ3v) is 4.98. The van der Waals surface area contributed by atoms with Crippen LogP contribution in [0, 0.1) is 5.92 Å². The molecule has 0 unspecified atom stereocenters. The van der Waals surface area contributed by atoms with Crippen LogP contribution < -0.4 is 9.47 Å². The molecule has 0 saturated carbocycles. The number of benzene rings is 1. The second-order valence-electron chi connectivity index (χ2n) is 6.64. The number of carbonyl (C=O) groups excluding carboxylic acids is 1. The summed E-state index contributed by atoms with van der Waals surface area (Å²) < 4.78 is 12.3. The Kier molecular flexibility index (Phi) is 4.61. The van der Waals surface area contributed by atoms with Crippen molar-refractivity contribution in [3.05, 3.63) is 30.1 Å². The van der Waals surface area contributed by atoms with E-state index in [1.54, 1.807) is 15.6 Å². The predicted octanol–water partition coefficient (Wildman–Crippen LogP) is 0.509. The van der Waals surface area contributed by atoms with Crippen LogP contribution in [0.3, 0.4) is 0 Å². The second-order valence-corrected chi connectivity index (χ2v) is 6.64. The number of likely N-dealkylation sites (tertiary alicyclic amines) is 1. The normalized spacial score (nSPS) is 20.8. The van der Waals surface area contributed by atoms with Crippen LogP contribution in [0.15, 0.2) is 24.5 Å². The number of hydrogen-bond acceptors (Lipinski definition) is 7. The summed E-state index contributed by atoms with van der Waals surface area (Å²) in [6, 6.07) is 5.45. The van der Waals surface area contributed by atoms with Crippen LogP contribution in [-0.2, 0) is 16.1 Å². The summed E-state index contributed by atoms with van der Waals surface area (Å²) in [4.78, 5) is 25.9. The van der Waals surface area contributed by atoms with Crippen molar-refractivity contribution in [2.75, 3.05) is 19.9 Å². The molecule has 2 aliphatic heterocycles. The van der Waals surface area contributed by atoms with Gasteiger partial charge in [0.05, 0.1) is 5.92 Å². The van der Waals surface area contributed by atoms with E-state index in [0.717, 1.165) is 5.56 Å². The molecule has 1 aromatic carbocycles. The van der Waals surface area contributed by atoms with Crippen LogP contribution in [0.25, 0.3) is 0 Å². The van der Waals surface area contributed by atoms with Crippen LogP contribution >= 0.6 is 0 Å². The maximum Gasteiger partial charge on any atom is 0.308 e. The van der Waals surface area contributed by atoms with Crippen molar-refractivity contribution >= 4 is 11.9 Å². The maximum atomic E-state index is 12.5. The van der Waals surface area contributed by atoms with E-state index < -0.39 is 11.9 Å². The lowest BCUT2D eigenvalue weighted by molar-refractivity contribution is -0.141. The van der Waals surface area contributed by atoms with Crippen LogP contribution in [0.5, 0.6) is 11.5 Å². The Morgan fingerprint density at radius 3 is 2.85 bits per heavy atom. The van der Waals surface area contributed by atoms with Gasteiger partial charge in [0.25, 0.3) is 0 Å². The zero-order valence-electron chi connectivity index (χ0n) is 14.5. The van der Waals surface area contributed by atoms with Crippen molar-refractivity contribution in [1.29, 1.82) is 0 Å². The summed E-state index contributed by atoms with van der Waals surface area (Å²) in [5.74, 6) is -0.615. The minimum Gasteiger partial charge on any atom is -0.481 e. The van der Waals surface area contributed by atoms with Crippen molar-refractivity contribution in [1.82, 2.24) is 25.1 Å². The molecule has 1 N–H and O–H groups in total. The molecule has 1 fully saturated rings. The number of nitrogens with zero attached hydrogens (tertiary/aromatic N) is 5. The van der Waals surface area contributed by atoms with Gasteiger partial charge in [-0.05, 0) is 34.5 Å². The predicted molar refractivity (Wildman–Crippen MR) is 90.1 cm³/mol. The van der Waals surface area contributed by atoms with Crippen molar-refractivity contribution in [3.63, 3.8) is 0 Å². The molecule has 2 aromatic rings. The molecule has 10 nitrogen and oxygen atoms in total. The first-order valence-corrected chi connectivity index (χ1v) is 8.72. The molecule has 142 valence electrons. The van der Waals surface area contributed by atoms with Gasteiger partial charge in [0.2, 0.25) is 12.7 Å². The van der Waals surface area contributed by atoms with Gasteiger partial charge in [-0.3, -0.25) is 9.59 Å². The molecule has 10 heteroatoms. The maximum absolute atomic E-state index is 12.5. The van der Waals surface area contributed by atoms with Crippen LogP contribution in [0.1, 0.15) is 24.3 Å². The Balaban J connectivity index is 1.42. The summed E-state index contributed by atoms with van der Waals surface area (Å²) in [6.07, 6.45) is 2.41. The molecule has 2 aliphatic rings. The lowest BCUT2D eigenvalue weighted by Gasteiger charge is -2.17. The van der Waals surface area contributed by atoms with Gasteiger partial charge in [-0.1, -0.05) is 6.07 Å². The zero-order valence-corrected chi connectivity index (χ0v) is 14.5.